The molecular weight excluding hydrogens is 184 g/mol. The Bertz CT molecular complexity index is 297. The third-order valence-electron chi connectivity index (χ3n) is 3.03. The SMILES string of the molecule is C[C@@H]1C[N-][C@@H](C)CN1Cc1ccccc1. The average molecular weight is 203 g/mol. The summed E-state index contributed by atoms with van der Waals surface area (Å²) < 4.78 is 0. The van der Waals surface area contributed by atoms with Crippen molar-refractivity contribution in [1.82, 2.24) is 4.90 Å². The highest BCUT2D eigenvalue weighted by atomic mass is 15.2. The van der Waals surface area contributed by atoms with Crippen LogP contribution in [0.25, 0.3) is 5.32 Å². The summed E-state index contributed by atoms with van der Waals surface area (Å²) in [6.45, 7) is 7.59. The van der Waals surface area contributed by atoms with Gasteiger partial charge in [-0.1, -0.05) is 44.2 Å². The standard InChI is InChI=1S/C13H19N2/c1-11-9-15(12(2)8-14-11)10-13-6-4-3-5-7-13/h3-7,11-12H,8-10H2,1-2H3/q-1/t11-,12+/m0/s1. The number of piperazine rings is 1. The Labute approximate surface area is 92.3 Å². The second-order valence-electron chi connectivity index (χ2n) is 4.48. The van der Waals surface area contributed by atoms with Crippen LogP contribution < -0.4 is 0 Å². The summed E-state index contributed by atoms with van der Waals surface area (Å²) in [7, 11) is 0. The molecule has 0 spiro atoms. The molecule has 1 aromatic carbocycles. The van der Waals surface area contributed by atoms with Gasteiger partial charge in [-0.3, -0.25) is 4.90 Å². The third kappa shape index (κ3) is 2.80. The molecule has 2 rings (SSSR count). The molecule has 1 fully saturated rings. The average Bonchev–Trinajstić information content (AvgIpc) is 2.25. The van der Waals surface area contributed by atoms with Gasteiger partial charge >= 0.3 is 0 Å². The maximum absolute atomic E-state index is 4.56. The van der Waals surface area contributed by atoms with E-state index in [9.17, 15) is 0 Å². The van der Waals surface area contributed by atoms with Crippen LogP contribution in [-0.4, -0.2) is 30.1 Å². The molecule has 0 aromatic heterocycles. The van der Waals surface area contributed by atoms with E-state index in [4.69, 9.17) is 0 Å². The van der Waals surface area contributed by atoms with Crippen molar-refractivity contribution in [3.8, 4) is 0 Å². The van der Waals surface area contributed by atoms with Crippen molar-refractivity contribution < 1.29 is 0 Å². The second kappa shape index (κ2) is 4.77. The molecule has 1 aliphatic rings. The smallest absolute Gasteiger partial charge is 0.0235 e. The van der Waals surface area contributed by atoms with E-state index in [0.29, 0.717) is 12.1 Å². The van der Waals surface area contributed by atoms with Gasteiger partial charge in [0.1, 0.15) is 0 Å². The minimum Gasteiger partial charge on any atom is -0.657 e. The van der Waals surface area contributed by atoms with Gasteiger partial charge in [0.2, 0.25) is 0 Å². The summed E-state index contributed by atoms with van der Waals surface area (Å²) >= 11 is 0. The predicted octanol–water partition coefficient (Wildman–Crippen LogP) is 2.65. The van der Waals surface area contributed by atoms with E-state index in [-0.39, 0.29) is 0 Å². The Balaban J connectivity index is 1.98. The van der Waals surface area contributed by atoms with Crippen LogP contribution in [0.5, 0.6) is 0 Å². The number of hydrogen-bond donors (Lipinski definition) is 0. The molecule has 15 heavy (non-hydrogen) atoms. The zero-order valence-electron chi connectivity index (χ0n) is 9.56. The highest BCUT2D eigenvalue weighted by Gasteiger charge is 2.15. The van der Waals surface area contributed by atoms with Gasteiger partial charge in [-0.2, -0.15) is 0 Å². The Kier molecular flexibility index (Phi) is 3.39. The van der Waals surface area contributed by atoms with E-state index in [2.05, 4.69) is 54.4 Å². The normalized spacial score (nSPS) is 27.9. The zero-order valence-corrected chi connectivity index (χ0v) is 9.56. The molecule has 0 unspecified atom stereocenters. The fraction of sp³-hybridized carbons (Fsp3) is 0.538. The van der Waals surface area contributed by atoms with Gasteiger partial charge in [-0.15, -0.1) is 12.6 Å². The Morgan fingerprint density at radius 1 is 1.27 bits per heavy atom. The van der Waals surface area contributed by atoms with Gasteiger partial charge in [-0.25, -0.2) is 0 Å². The first-order chi connectivity index (χ1) is 7.25. The molecular formula is C13H19N2-. The van der Waals surface area contributed by atoms with Crippen molar-refractivity contribution in [1.29, 1.82) is 0 Å². The van der Waals surface area contributed by atoms with Gasteiger partial charge in [0.15, 0.2) is 0 Å². The fourth-order valence-corrected chi connectivity index (χ4v) is 2.06. The number of hydrogen-bond acceptors (Lipinski definition) is 1. The molecule has 0 saturated carbocycles. The van der Waals surface area contributed by atoms with Crippen LogP contribution in [-0.2, 0) is 6.54 Å². The monoisotopic (exact) mass is 203 g/mol. The maximum atomic E-state index is 4.56. The van der Waals surface area contributed by atoms with Gasteiger partial charge in [0.25, 0.3) is 0 Å². The first-order valence-corrected chi connectivity index (χ1v) is 5.70. The van der Waals surface area contributed by atoms with E-state index in [1.807, 2.05) is 0 Å². The molecule has 1 aliphatic heterocycles. The summed E-state index contributed by atoms with van der Waals surface area (Å²) in [5.41, 5.74) is 1.40. The zero-order chi connectivity index (χ0) is 10.7. The van der Waals surface area contributed by atoms with Gasteiger partial charge in [0, 0.05) is 6.54 Å². The quantitative estimate of drug-likeness (QED) is 0.722. The van der Waals surface area contributed by atoms with E-state index in [0.717, 1.165) is 19.6 Å². The molecule has 1 aromatic rings. The van der Waals surface area contributed by atoms with Crippen molar-refractivity contribution >= 4 is 0 Å². The molecule has 1 heterocycles. The second-order valence-corrected chi connectivity index (χ2v) is 4.48. The third-order valence-corrected chi connectivity index (χ3v) is 3.03. The number of benzene rings is 1. The van der Waals surface area contributed by atoms with Crippen LogP contribution in [0.4, 0.5) is 0 Å². The lowest BCUT2D eigenvalue weighted by atomic mass is 10.1. The molecule has 2 atom stereocenters. The Morgan fingerprint density at radius 2 is 2.00 bits per heavy atom. The van der Waals surface area contributed by atoms with Gasteiger partial charge in [0.05, 0.1) is 0 Å². The Morgan fingerprint density at radius 3 is 2.73 bits per heavy atom. The fourth-order valence-electron chi connectivity index (χ4n) is 2.06. The molecule has 0 amide bonds. The van der Waals surface area contributed by atoms with E-state index >= 15 is 0 Å². The number of nitrogens with zero attached hydrogens (tertiary/aromatic N) is 2. The van der Waals surface area contributed by atoms with Crippen LogP contribution in [0.15, 0.2) is 30.3 Å². The first-order valence-electron chi connectivity index (χ1n) is 5.70. The summed E-state index contributed by atoms with van der Waals surface area (Å²) in [5, 5.41) is 4.56. The summed E-state index contributed by atoms with van der Waals surface area (Å²) in [6.07, 6.45) is 0. The van der Waals surface area contributed by atoms with Gasteiger partial charge in [-0.05, 0) is 18.2 Å². The lowest BCUT2D eigenvalue weighted by molar-refractivity contribution is 0.181. The van der Waals surface area contributed by atoms with Crippen molar-refractivity contribution in [3.63, 3.8) is 0 Å². The lowest BCUT2D eigenvalue weighted by Crippen LogP contribution is -2.44. The molecule has 0 aliphatic carbocycles. The minimum atomic E-state index is 0.491. The number of rotatable bonds is 2. The molecule has 2 nitrogen and oxygen atoms in total. The van der Waals surface area contributed by atoms with Crippen LogP contribution in [0.1, 0.15) is 19.4 Å². The van der Waals surface area contributed by atoms with E-state index < -0.39 is 0 Å². The molecule has 1 saturated heterocycles. The Hall–Kier alpha value is -0.860. The summed E-state index contributed by atoms with van der Waals surface area (Å²) in [4.78, 5) is 2.52. The van der Waals surface area contributed by atoms with Crippen molar-refractivity contribution in [2.24, 2.45) is 0 Å². The van der Waals surface area contributed by atoms with E-state index in [1.54, 1.807) is 0 Å². The first kappa shape index (κ1) is 10.7. The van der Waals surface area contributed by atoms with Crippen LogP contribution in [0, 0.1) is 0 Å². The van der Waals surface area contributed by atoms with E-state index in [1.165, 1.54) is 5.56 Å². The summed E-state index contributed by atoms with van der Waals surface area (Å²) in [5.74, 6) is 0. The highest BCUT2D eigenvalue weighted by Crippen LogP contribution is 2.18. The molecule has 0 radical (unpaired) electrons. The topological polar surface area (TPSA) is 17.3 Å². The molecule has 0 N–H and O–H groups in total. The van der Waals surface area contributed by atoms with Crippen molar-refractivity contribution in [2.45, 2.75) is 32.5 Å². The predicted molar refractivity (Wildman–Crippen MR) is 64.0 cm³/mol. The lowest BCUT2D eigenvalue weighted by Gasteiger charge is -2.46. The van der Waals surface area contributed by atoms with Gasteiger partial charge < -0.3 is 5.32 Å². The largest absolute Gasteiger partial charge is 0.657 e. The maximum Gasteiger partial charge on any atom is 0.0235 e. The minimum absolute atomic E-state index is 0.491. The van der Waals surface area contributed by atoms with Crippen molar-refractivity contribution in [3.05, 3.63) is 41.2 Å². The van der Waals surface area contributed by atoms with Crippen LogP contribution in [0.2, 0.25) is 0 Å². The summed E-state index contributed by atoms with van der Waals surface area (Å²) in [6, 6.07) is 11.8. The molecule has 0 bridgehead atoms. The van der Waals surface area contributed by atoms with Crippen LogP contribution >= 0.6 is 0 Å². The molecule has 82 valence electrons. The van der Waals surface area contributed by atoms with Crippen LogP contribution in [0.3, 0.4) is 0 Å². The van der Waals surface area contributed by atoms with Crippen molar-refractivity contribution in [2.75, 3.05) is 13.1 Å². The molecule has 2 heteroatoms. The highest BCUT2D eigenvalue weighted by molar-refractivity contribution is 5.15.